The van der Waals surface area contributed by atoms with Crippen molar-refractivity contribution in [1.82, 2.24) is 0 Å². The van der Waals surface area contributed by atoms with Crippen molar-refractivity contribution in [3.63, 3.8) is 0 Å². The Balaban J connectivity index is 2.95. The van der Waals surface area contributed by atoms with E-state index >= 15 is 0 Å². The van der Waals surface area contributed by atoms with Gasteiger partial charge < -0.3 is 5.73 Å². The first kappa shape index (κ1) is 14.8. The Bertz CT molecular complexity index is 519. The van der Waals surface area contributed by atoms with E-state index in [9.17, 15) is 9.00 Å². The summed E-state index contributed by atoms with van der Waals surface area (Å²) in [5.41, 5.74) is 5.68. The Labute approximate surface area is 108 Å². The van der Waals surface area contributed by atoms with Gasteiger partial charge in [0.15, 0.2) is 0 Å². The summed E-state index contributed by atoms with van der Waals surface area (Å²) in [6.45, 7) is 3.90. The molecule has 1 aromatic carbocycles. The largest absolute Gasteiger partial charge is 0.320 e. The summed E-state index contributed by atoms with van der Waals surface area (Å²) in [7, 11) is -3.19. The zero-order chi connectivity index (χ0) is 13.8. The fourth-order valence-corrected chi connectivity index (χ4v) is 2.53. The quantitative estimate of drug-likeness (QED) is 0.861. The lowest BCUT2D eigenvalue weighted by Gasteiger charge is -2.11. The van der Waals surface area contributed by atoms with Crippen LogP contribution in [0, 0.1) is 5.92 Å². The van der Waals surface area contributed by atoms with Gasteiger partial charge in [0.05, 0.1) is 10.9 Å². The Kier molecular flexibility index (Phi) is 5.01. The van der Waals surface area contributed by atoms with Crippen molar-refractivity contribution < 1.29 is 9.00 Å². The Hall–Kier alpha value is -1.24. The highest BCUT2D eigenvalue weighted by molar-refractivity contribution is 7.91. The summed E-state index contributed by atoms with van der Waals surface area (Å²) in [6, 6.07) is 7.55. The molecule has 1 rings (SSSR count). The molecule has 2 unspecified atom stereocenters. The van der Waals surface area contributed by atoms with Gasteiger partial charge in [-0.3, -0.25) is 4.79 Å². The molecule has 0 aliphatic heterocycles. The van der Waals surface area contributed by atoms with E-state index in [2.05, 4.69) is 4.36 Å². The molecule has 0 heterocycles. The third-order valence-corrected chi connectivity index (χ3v) is 3.75. The SMILES string of the molecule is CC(C)CC(N)C(=O)N=S(N)(=O)c1ccccc1. The molecule has 1 aromatic rings. The summed E-state index contributed by atoms with van der Waals surface area (Å²) >= 11 is 0. The first-order chi connectivity index (χ1) is 8.33. The lowest BCUT2D eigenvalue weighted by molar-refractivity contribution is -0.119. The summed E-state index contributed by atoms with van der Waals surface area (Å²) in [6.07, 6.45) is 0.493. The standard InChI is InChI=1S/C12H19N3O2S/c1-9(2)8-11(13)12(16)15-18(14,17)10-6-4-3-5-7-10/h3-7,9,11H,8,13H2,1-2H3,(H2,14,15,16,17). The normalized spacial score (nSPS) is 16.1. The van der Waals surface area contributed by atoms with E-state index < -0.39 is 21.9 Å². The molecule has 0 radical (unpaired) electrons. The number of carbonyl (C=O) groups excluding carboxylic acids is 1. The Morgan fingerprint density at radius 1 is 1.33 bits per heavy atom. The molecule has 100 valence electrons. The number of nitrogens with two attached hydrogens (primary N) is 2. The maximum Gasteiger partial charge on any atom is 0.271 e. The highest BCUT2D eigenvalue weighted by atomic mass is 32.2. The third-order valence-electron chi connectivity index (χ3n) is 2.35. The number of amides is 1. The van der Waals surface area contributed by atoms with Gasteiger partial charge in [-0.1, -0.05) is 32.0 Å². The van der Waals surface area contributed by atoms with Gasteiger partial charge in [-0.15, -0.1) is 4.36 Å². The van der Waals surface area contributed by atoms with E-state index in [0.29, 0.717) is 11.3 Å². The molecule has 0 spiro atoms. The molecule has 6 heteroatoms. The van der Waals surface area contributed by atoms with Crippen LogP contribution in [0.25, 0.3) is 0 Å². The molecule has 0 aliphatic carbocycles. The molecular weight excluding hydrogens is 250 g/mol. The monoisotopic (exact) mass is 269 g/mol. The van der Waals surface area contributed by atoms with Crippen LogP contribution in [0.15, 0.2) is 39.6 Å². The molecule has 0 aliphatic rings. The smallest absolute Gasteiger partial charge is 0.271 e. The van der Waals surface area contributed by atoms with Crippen molar-refractivity contribution >= 4 is 15.8 Å². The molecule has 0 bridgehead atoms. The van der Waals surface area contributed by atoms with Gasteiger partial charge >= 0.3 is 0 Å². The van der Waals surface area contributed by atoms with Gasteiger partial charge in [0.1, 0.15) is 9.92 Å². The maximum absolute atomic E-state index is 12.1. The van der Waals surface area contributed by atoms with Gasteiger partial charge in [0, 0.05) is 0 Å². The van der Waals surface area contributed by atoms with Gasteiger partial charge in [0.2, 0.25) is 0 Å². The molecule has 0 aromatic heterocycles. The van der Waals surface area contributed by atoms with Crippen molar-refractivity contribution in [2.75, 3.05) is 0 Å². The zero-order valence-corrected chi connectivity index (χ0v) is 11.4. The van der Waals surface area contributed by atoms with E-state index in [1.54, 1.807) is 30.3 Å². The second-order valence-corrected chi connectivity index (χ2v) is 6.34. The number of hydrogen-bond acceptors (Lipinski definition) is 3. The minimum absolute atomic E-state index is 0.268. The van der Waals surface area contributed by atoms with E-state index in [4.69, 9.17) is 10.9 Å². The fourth-order valence-electron chi connectivity index (χ4n) is 1.48. The van der Waals surface area contributed by atoms with Crippen LogP contribution >= 0.6 is 0 Å². The first-order valence-corrected chi connectivity index (χ1v) is 7.30. The summed E-state index contributed by atoms with van der Waals surface area (Å²) in [4.78, 5) is 12.0. The van der Waals surface area contributed by atoms with Crippen LogP contribution in [-0.2, 0) is 14.7 Å². The van der Waals surface area contributed by atoms with Crippen LogP contribution < -0.4 is 10.9 Å². The predicted octanol–water partition coefficient (Wildman–Crippen LogP) is 1.29. The Morgan fingerprint density at radius 2 is 1.89 bits per heavy atom. The summed E-state index contributed by atoms with van der Waals surface area (Å²) in [5.74, 6) is -0.343. The average molecular weight is 269 g/mol. The molecule has 0 fully saturated rings. The number of hydrogen-bond donors (Lipinski definition) is 2. The number of nitrogens with zero attached hydrogens (tertiary/aromatic N) is 1. The number of benzene rings is 1. The van der Waals surface area contributed by atoms with Gasteiger partial charge in [-0.25, -0.2) is 9.35 Å². The van der Waals surface area contributed by atoms with Crippen molar-refractivity contribution in [3.8, 4) is 0 Å². The van der Waals surface area contributed by atoms with Crippen molar-refractivity contribution in [2.45, 2.75) is 31.2 Å². The lowest BCUT2D eigenvalue weighted by atomic mass is 10.0. The van der Waals surface area contributed by atoms with Crippen LogP contribution in [0.4, 0.5) is 0 Å². The zero-order valence-electron chi connectivity index (χ0n) is 10.6. The lowest BCUT2D eigenvalue weighted by Crippen LogP contribution is -2.32. The molecule has 0 saturated carbocycles. The highest BCUT2D eigenvalue weighted by Crippen LogP contribution is 2.10. The third kappa shape index (κ3) is 4.21. The number of rotatable bonds is 4. The second-order valence-electron chi connectivity index (χ2n) is 4.55. The van der Waals surface area contributed by atoms with Crippen LogP contribution in [0.1, 0.15) is 20.3 Å². The minimum atomic E-state index is -3.19. The molecule has 5 nitrogen and oxygen atoms in total. The maximum atomic E-state index is 12.1. The Morgan fingerprint density at radius 3 is 2.39 bits per heavy atom. The molecule has 4 N–H and O–H groups in total. The van der Waals surface area contributed by atoms with E-state index in [1.807, 2.05) is 13.8 Å². The van der Waals surface area contributed by atoms with E-state index in [0.717, 1.165) is 0 Å². The highest BCUT2D eigenvalue weighted by Gasteiger charge is 2.17. The summed E-state index contributed by atoms with van der Waals surface area (Å²) < 4.78 is 15.7. The van der Waals surface area contributed by atoms with Crippen LogP contribution in [0.2, 0.25) is 0 Å². The molecular formula is C12H19N3O2S. The minimum Gasteiger partial charge on any atom is -0.320 e. The van der Waals surface area contributed by atoms with E-state index in [1.165, 1.54) is 0 Å². The molecule has 0 saturated heterocycles. The van der Waals surface area contributed by atoms with Crippen LogP contribution in [0.5, 0.6) is 0 Å². The first-order valence-electron chi connectivity index (χ1n) is 5.72. The average Bonchev–Trinajstić information content (AvgIpc) is 2.28. The fraction of sp³-hybridized carbons (Fsp3) is 0.417. The van der Waals surface area contributed by atoms with Crippen molar-refractivity contribution in [2.24, 2.45) is 21.2 Å². The van der Waals surface area contributed by atoms with Gasteiger partial charge in [0.25, 0.3) is 5.91 Å². The van der Waals surface area contributed by atoms with Crippen molar-refractivity contribution in [3.05, 3.63) is 30.3 Å². The number of carbonyl (C=O) groups is 1. The summed E-state index contributed by atoms with van der Waals surface area (Å²) in [5, 5.41) is 5.59. The predicted molar refractivity (Wildman–Crippen MR) is 71.9 cm³/mol. The topological polar surface area (TPSA) is 98.5 Å². The van der Waals surface area contributed by atoms with Crippen LogP contribution in [-0.4, -0.2) is 16.2 Å². The molecule has 1 amide bonds. The van der Waals surface area contributed by atoms with Crippen LogP contribution in [0.3, 0.4) is 0 Å². The van der Waals surface area contributed by atoms with E-state index in [-0.39, 0.29) is 5.92 Å². The second kappa shape index (κ2) is 6.08. The molecule has 18 heavy (non-hydrogen) atoms. The van der Waals surface area contributed by atoms with Crippen molar-refractivity contribution in [1.29, 1.82) is 0 Å². The molecule has 2 atom stereocenters. The van der Waals surface area contributed by atoms with Gasteiger partial charge in [-0.2, -0.15) is 0 Å². The van der Waals surface area contributed by atoms with Gasteiger partial charge in [-0.05, 0) is 24.5 Å².